The Labute approximate surface area is 141 Å². The molecule has 2 N–H and O–H groups in total. The minimum atomic E-state index is -0.733. The first-order valence-electron chi connectivity index (χ1n) is 9.05. The van der Waals surface area contributed by atoms with Gasteiger partial charge >= 0.3 is 5.97 Å². The molecule has 0 aromatic rings. The van der Waals surface area contributed by atoms with E-state index in [1.165, 1.54) is 32.1 Å². The van der Waals surface area contributed by atoms with Gasteiger partial charge in [-0.2, -0.15) is 0 Å². The van der Waals surface area contributed by atoms with E-state index in [-0.39, 0.29) is 12.5 Å². The molecule has 0 saturated carbocycles. The van der Waals surface area contributed by atoms with Gasteiger partial charge in [0.25, 0.3) is 0 Å². The smallest absolute Gasteiger partial charge is 0.303 e. The number of hydrogen-bond donors (Lipinski definition) is 2. The Hall–Kier alpha value is -1.35. The van der Waals surface area contributed by atoms with Crippen LogP contribution < -0.4 is 0 Å². The summed E-state index contributed by atoms with van der Waals surface area (Å²) in [6.07, 6.45) is 22.4. The Balaban J connectivity index is 3.51. The lowest BCUT2D eigenvalue weighted by molar-refractivity contribution is -0.137. The van der Waals surface area contributed by atoms with Gasteiger partial charge in [0, 0.05) is 6.42 Å². The van der Waals surface area contributed by atoms with Crippen molar-refractivity contribution in [3.8, 4) is 0 Å². The molecular formula is C20H34O3. The van der Waals surface area contributed by atoms with Crippen molar-refractivity contribution >= 4 is 5.97 Å². The highest BCUT2D eigenvalue weighted by atomic mass is 16.4. The quantitative estimate of drug-likeness (QED) is 0.241. The zero-order chi connectivity index (χ0) is 17.2. The summed E-state index contributed by atoms with van der Waals surface area (Å²) in [4.78, 5) is 10.3. The van der Waals surface area contributed by atoms with Crippen LogP contribution in [0.2, 0.25) is 0 Å². The molecule has 0 spiro atoms. The molecule has 23 heavy (non-hydrogen) atoms. The first-order chi connectivity index (χ1) is 11.2. The lowest BCUT2D eigenvalue weighted by atomic mass is 10.1. The summed E-state index contributed by atoms with van der Waals surface area (Å²) in [6.45, 7) is 2.22. The predicted molar refractivity (Wildman–Crippen MR) is 97.5 cm³/mol. The molecule has 0 radical (unpaired) electrons. The molecule has 0 aromatic carbocycles. The van der Waals surface area contributed by atoms with Gasteiger partial charge < -0.3 is 10.2 Å². The predicted octanol–water partition coefficient (Wildman–Crippen LogP) is 5.41. The average molecular weight is 322 g/mol. The number of aliphatic hydroxyl groups excluding tert-OH is 1. The number of aliphatic carboxylic acids is 1. The largest absolute Gasteiger partial charge is 0.481 e. The topological polar surface area (TPSA) is 57.5 Å². The molecule has 0 aliphatic carbocycles. The van der Waals surface area contributed by atoms with E-state index in [9.17, 15) is 9.90 Å². The van der Waals surface area contributed by atoms with Gasteiger partial charge in [0.2, 0.25) is 0 Å². The van der Waals surface area contributed by atoms with Crippen LogP contribution in [-0.4, -0.2) is 22.3 Å². The van der Waals surface area contributed by atoms with Gasteiger partial charge in [-0.05, 0) is 25.7 Å². The minimum absolute atomic E-state index is 0.236. The lowest BCUT2D eigenvalue weighted by Gasteiger charge is -2.04. The van der Waals surface area contributed by atoms with Crippen LogP contribution in [0, 0.1) is 0 Å². The summed E-state index contributed by atoms with van der Waals surface area (Å²) in [7, 11) is 0. The number of carbonyl (C=O) groups is 1. The number of carboxylic acids is 1. The van der Waals surface area contributed by atoms with Crippen LogP contribution in [0.15, 0.2) is 36.5 Å². The molecule has 3 heteroatoms. The van der Waals surface area contributed by atoms with E-state index in [1.807, 2.05) is 36.5 Å². The maximum Gasteiger partial charge on any atom is 0.303 e. The van der Waals surface area contributed by atoms with Crippen molar-refractivity contribution < 1.29 is 15.0 Å². The Kier molecular flexibility index (Phi) is 16.0. The molecule has 0 heterocycles. The molecule has 0 amide bonds. The highest BCUT2D eigenvalue weighted by Gasteiger charge is 1.98. The Morgan fingerprint density at radius 2 is 1.70 bits per heavy atom. The number of unbranched alkanes of at least 4 members (excludes halogenated alkanes) is 6. The van der Waals surface area contributed by atoms with Crippen molar-refractivity contribution in [1.82, 2.24) is 0 Å². The molecule has 1 atom stereocenters. The van der Waals surface area contributed by atoms with Crippen LogP contribution in [-0.2, 0) is 4.79 Å². The zero-order valence-electron chi connectivity index (χ0n) is 14.6. The number of hydrogen-bond acceptors (Lipinski definition) is 2. The van der Waals surface area contributed by atoms with Gasteiger partial charge in [-0.1, -0.05) is 81.9 Å². The molecule has 0 aliphatic rings. The van der Waals surface area contributed by atoms with Gasteiger partial charge in [0.1, 0.15) is 0 Å². The van der Waals surface area contributed by atoms with Gasteiger partial charge in [-0.15, -0.1) is 0 Å². The van der Waals surface area contributed by atoms with Crippen LogP contribution in [0.25, 0.3) is 0 Å². The summed E-state index contributed by atoms with van der Waals surface area (Å²) in [6, 6.07) is 0. The Morgan fingerprint density at radius 1 is 0.957 bits per heavy atom. The van der Waals surface area contributed by atoms with Crippen molar-refractivity contribution in [2.45, 2.75) is 83.7 Å². The fourth-order valence-corrected chi connectivity index (χ4v) is 2.24. The average Bonchev–Trinajstić information content (AvgIpc) is 2.52. The first kappa shape index (κ1) is 21.6. The lowest BCUT2D eigenvalue weighted by Crippen LogP contribution is -2.01. The normalized spacial score (nSPS) is 13.5. The van der Waals surface area contributed by atoms with Crippen molar-refractivity contribution in [3.05, 3.63) is 36.5 Å². The van der Waals surface area contributed by atoms with Gasteiger partial charge in [-0.25, -0.2) is 0 Å². The highest BCUT2D eigenvalue weighted by molar-refractivity contribution is 5.66. The zero-order valence-corrected chi connectivity index (χ0v) is 14.6. The summed E-state index contributed by atoms with van der Waals surface area (Å²) in [5.74, 6) is -0.733. The molecule has 0 bridgehead atoms. The van der Waals surface area contributed by atoms with Crippen molar-refractivity contribution in [2.75, 3.05) is 0 Å². The standard InChI is InChI=1S/C20H34O3/c1-2-3-4-5-10-13-16-19(21)17-14-11-8-6-7-9-12-15-18-20(22)23/h7-9,11,14,17,19,21H,2-6,10,12-13,15-16,18H2,1H3,(H,22,23)/b9-7-,11-8-,17-14+/t19-/m0/s1. The molecule has 0 rings (SSSR count). The number of carboxylic acid groups (broad SMARTS) is 1. The minimum Gasteiger partial charge on any atom is -0.481 e. The summed E-state index contributed by atoms with van der Waals surface area (Å²) in [5, 5.41) is 18.3. The molecule has 0 unspecified atom stereocenters. The molecule has 3 nitrogen and oxygen atoms in total. The number of allylic oxidation sites excluding steroid dienone is 5. The molecule has 132 valence electrons. The monoisotopic (exact) mass is 322 g/mol. The molecule has 0 saturated heterocycles. The van der Waals surface area contributed by atoms with Crippen LogP contribution in [0.3, 0.4) is 0 Å². The maximum absolute atomic E-state index is 10.3. The molecule has 0 aromatic heterocycles. The van der Waals surface area contributed by atoms with E-state index in [4.69, 9.17) is 5.11 Å². The van der Waals surface area contributed by atoms with E-state index in [0.717, 1.165) is 25.7 Å². The second kappa shape index (κ2) is 17.0. The third kappa shape index (κ3) is 18.6. The van der Waals surface area contributed by atoms with E-state index in [1.54, 1.807) is 0 Å². The fourth-order valence-electron chi connectivity index (χ4n) is 2.24. The number of aliphatic hydroxyl groups is 1. The highest BCUT2D eigenvalue weighted by Crippen LogP contribution is 2.09. The van der Waals surface area contributed by atoms with Crippen molar-refractivity contribution in [2.24, 2.45) is 0 Å². The summed E-state index contributed by atoms with van der Waals surface area (Å²) < 4.78 is 0. The van der Waals surface area contributed by atoms with E-state index in [2.05, 4.69) is 6.92 Å². The second-order valence-corrected chi connectivity index (χ2v) is 5.93. The van der Waals surface area contributed by atoms with Gasteiger partial charge in [0.05, 0.1) is 6.10 Å². The second-order valence-electron chi connectivity index (χ2n) is 5.93. The van der Waals surface area contributed by atoms with Crippen molar-refractivity contribution in [3.63, 3.8) is 0 Å². The van der Waals surface area contributed by atoms with E-state index < -0.39 is 5.97 Å². The van der Waals surface area contributed by atoms with Crippen LogP contribution >= 0.6 is 0 Å². The van der Waals surface area contributed by atoms with Crippen LogP contribution in [0.4, 0.5) is 0 Å². The summed E-state index contributed by atoms with van der Waals surface area (Å²) >= 11 is 0. The Bertz CT molecular complexity index is 356. The van der Waals surface area contributed by atoms with Crippen LogP contribution in [0.5, 0.6) is 0 Å². The first-order valence-corrected chi connectivity index (χ1v) is 9.05. The SMILES string of the molecule is CCCCCCCC[C@H](O)/C=C/C=C\C/C=C\CCCC(=O)O. The van der Waals surface area contributed by atoms with Crippen molar-refractivity contribution in [1.29, 1.82) is 0 Å². The van der Waals surface area contributed by atoms with E-state index >= 15 is 0 Å². The molecule has 0 fully saturated rings. The van der Waals surface area contributed by atoms with E-state index in [0.29, 0.717) is 6.42 Å². The maximum atomic E-state index is 10.3. The van der Waals surface area contributed by atoms with Crippen LogP contribution in [0.1, 0.15) is 77.6 Å². The molecule has 0 aliphatic heterocycles. The number of rotatable bonds is 15. The van der Waals surface area contributed by atoms with Gasteiger partial charge in [-0.3, -0.25) is 4.79 Å². The Morgan fingerprint density at radius 3 is 2.43 bits per heavy atom. The third-order valence-corrected chi connectivity index (χ3v) is 3.63. The summed E-state index contributed by atoms with van der Waals surface area (Å²) in [5.41, 5.74) is 0. The molecular weight excluding hydrogens is 288 g/mol. The fraction of sp³-hybridized carbons (Fsp3) is 0.650. The van der Waals surface area contributed by atoms with Gasteiger partial charge in [0.15, 0.2) is 0 Å². The third-order valence-electron chi connectivity index (χ3n) is 3.63.